The molecule has 3 aromatic rings. The molecule has 0 spiro atoms. The number of aromatic nitrogens is 1. The standard InChI is InChI=1S/C17H14N2O3S/c20-17(19-11-5-6-14-15(7-11)22-10-21-14)9-23-16-8-18-13-4-2-1-3-12(13)16/h1-8,18H,9-10H2,(H,19,20). The number of hydrogen-bond acceptors (Lipinski definition) is 4. The van der Waals surface area contributed by atoms with Gasteiger partial charge < -0.3 is 19.8 Å². The third-order valence-electron chi connectivity index (χ3n) is 3.57. The smallest absolute Gasteiger partial charge is 0.234 e. The molecule has 1 aromatic heterocycles. The van der Waals surface area contributed by atoms with E-state index in [2.05, 4.69) is 10.3 Å². The summed E-state index contributed by atoms with van der Waals surface area (Å²) in [6.45, 7) is 0.225. The molecule has 0 atom stereocenters. The summed E-state index contributed by atoms with van der Waals surface area (Å²) in [5.41, 5.74) is 1.78. The van der Waals surface area contributed by atoms with E-state index in [1.165, 1.54) is 11.8 Å². The molecule has 2 N–H and O–H groups in total. The number of aromatic amines is 1. The lowest BCUT2D eigenvalue weighted by Gasteiger charge is -2.06. The van der Waals surface area contributed by atoms with Gasteiger partial charge in [0.25, 0.3) is 0 Å². The van der Waals surface area contributed by atoms with Crippen LogP contribution in [0.2, 0.25) is 0 Å². The molecular weight excluding hydrogens is 312 g/mol. The van der Waals surface area contributed by atoms with Crippen LogP contribution in [0, 0.1) is 0 Å². The fourth-order valence-electron chi connectivity index (χ4n) is 2.48. The number of carbonyl (C=O) groups excluding carboxylic acids is 1. The van der Waals surface area contributed by atoms with Gasteiger partial charge in [-0.15, -0.1) is 11.8 Å². The van der Waals surface area contributed by atoms with Crippen LogP contribution in [-0.2, 0) is 4.79 Å². The van der Waals surface area contributed by atoms with Crippen molar-refractivity contribution < 1.29 is 14.3 Å². The first-order valence-electron chi connectivity index (χ1n) is 7.18. The molecule has 0 saturated heterocycles. The summed E-state index contributed by atoms with van der Waals surface area (Å²) in [4.78, 5) is 16.4. The van der Waals surface area contributed by atoms with E-state index in [4.69, 9.17) is 9.47 Å². The summed E-state index contributed by atoms with van der Waals surface area (Å²) in [6.07, 6.45) is 1.93. The zero-order chi connectivity index (χ0) is 15.6. The van der Waals surface area contributed by atoms with Crippen LogP contribution in [0.15, 0.2) is 53.6 Å². The van der Waals surface area contributed by atoms with Gasteiger partial charge in [-0.05, 0) is 18.2 Å². The van der Waals surface area contributed by atoms with Crippen LogP contribution in [0.1, 0.15) is 0 Å². The van der Waals surface area contributed by atoms with Crippen molar-refractivity contribution in [3.63, 3.8) is 0 Å². The molecule has 0 unspecified atom stereocenters. The number of rotatable bonds is 4. The van der Waals surface area contributed by atoms with Crippen molar-refractivity contribution in [2.45, 2.75) is 4.90 Å². The normalized spacial score (nSPS) is 12.5. The number of ether oxygens (including phenoxy) is 2. The summed E-state index contributed by atoms with van der Waals surface area (Å²) < 4.78 is 10.6. The summed E-state index contributed by atoms with van der Waals surface area (Å²) >= 11 is 1.51. The van der Waals surface area contributed by atoms with Gasteiger partial charge in [-0.25, -0.2) is 0 Å². The maximum absolute atomic E-state index is 12.1. The maximum Gasteiger partial charge on any atom is 0.234 e. The van der Waals surface area contributed by atoms with Gasteiger partial charge >= 0.3 is 0 Å². The number of anilines is 1. The molecule has 6 heteroatoms. The number of nitrogens with one attached hydrogen (secondary N) is 2. The van der Waals surface area contributed by atoms with Gasteiger partial charge in [-0.3, -0.25) is 4.79 Å². The Morgan fingerprint density at radius 3 is 3.00 bits per heavy atom. The Kier molecular flexibility index (Phi) is 3.59. The molecule has 116 valence electrons. The Bertz CT molecular complexity index is 875. The quantitative estimate of drug-likeness (QED) is 0.719. The van der Waals surface area contributed by atoms with E-state index < -0.39 is 0 Å². The predicted molar refractivity (Wildman–Crippen MR) is 90.2 cm³/mol. The third-order valence-corrected chi connectivity index (χ3v) is 4.62. The average Bonchev–Trinajstić information content (AvgIpc) is 3.19. The van der Waals surface area contributed by atoms with Crippen molar-refractivity contribution in [1.29, 1.82) is 0 Å². The number of para-hydroxylation sites is 1. The van der Waals surface area contributed by atoms with Crippen molar-refractivity contribution in [3.8, 4) is 11.5 Å². The molecule has 1 aliphatic heterocycles. The molecule has 5 nitrogen and oxygen atoms in total. The number of carbonyl (C=O) groups is 1. The van der Waals surface area contributed by atoms with E-state index in [9.17, 15) is 4.79 Å². The van der Waals surface area contributed by atoms with Crippen molar-refractivity contribution in [2.24, 2.45) is 0 Å². The minimum absolute atomic E-state index is 0.0563. The molecule has 2 aromatic carbocycles. The van der Waals surface area contributed by atoms with E-state index in [0.29, 0.717) is 22.9 Å². The van der Waals surface area contributed by atoms with Gasteiger partial charge in [0.1, 0.15) is 0 Å². The lowest BCUT2D eigenvalue weighted by Crippen LogP contribution is -2.13. The minimum atomic E-state index is -0.0563. The molecule has 4 rings (SSSR count). The molecule has 0 bridgehead atoms. The van der Waals surface area contributed by atoms with Crippen molar-refractivity contribution in [3.05, 3.63) is 48.7 Å². The van der Waals surface area contributed by atoms with Crippen molar-refractivity contribution >= 4 is 34.3 Å². The largest absolute Gasteiger partial charge is 0.454 e. The number of amides is 1. The summed E-state index contributed by atoms with van der Waals surface area (Å²) in [7, 11) is 0. The molecule has 0 radical (unpaired) electrons. The molecule has 2 heterocycles. The summed E-state index contributed by atoms with van der Waals surface area (Å²) in [5.74, 6) is 1.65. The number of thioether (sulfide) groups is 1. The van der Waals surface area contributed by atoms with Gasteiger partial charge in [0.15, 0.2) is 11.5 Å². The average molecular weight is 326 g/mol. The molecular formula is C17H14N2O3S. The van der Waals surface area contributed by atoms with E-state index >= 15 is 0 Å². The van der Waals surface area contributed by atoms with Gasteiger partial charge in [0.05, 0.1) is 5.75 Å². The highest BCUT2D eigenvalue weighted by Crippen LogP contribution is 2.34. The van der Waals surface area contributed by atoms with Crippen molar-refractivity contribution in [2.75, 3.05) is 17.9 Å². The SMILES string of the molecule is O=C(CSc1c[nH]c2ccccc12)Nc1ccc2c(c1)OCO2. The first-order valence-corrected chi connectivity index (χ1v) is 8.16. The number of fused-ring (bicyclic) bond motifs is 2. The Hall–Kier alpha value is -2.60. The summed E-state index contributed by atoms with van der Waals surface area (Å²) in [5, 5.41) is 4.01. The third kappa shape index (κ3) is 2.85. The van der Waals surface area contributed by atoms with Crippen molar-refractivity contribution in [1.82, 2.24) is 4.98 Å². The highest BCUT2D eigenvalue weighted by Gasteiger charge is 2.14. The lowest BCUT2D eigenvalue weighted by atomic mass is 10.2. The maximum atomic E-state index is 12.1. The number of H-pyrrole nitrogens is 1. The molecule has 0 aliphatic carbocycles. The highest BCUT2D eigenvalue weighted by atomic mass is 32.2. The highest BCUT2D eigenvalue weighted by molar-refractivity contribution is 8.00. The van der Waals surface area contributed by atoms with Crippen LogP contribution in [0.25, 0.3) is 10.9 Å². The monoisotopic (exact) mass is 326 g/mol. The topological polar surface area (TPSA) is 63.4 Å². The molecule has 1 amide bonds. The lowest BCUT2D eigenvalue weighted by molar-refractivity contribution is -0.113. The van der Waals surface area contributed by atoms with E-state index in [1.54, 1.807) is 12.1 Å². The second-order valence-electron chi connectivity index (χ2n) is 5.10. The van der Waals surface area contributed by atoms with Crippen LogP contribution < -0.4 is 14.8 Å². The Balaban J connectivity index is 1.40. The van der Waals surface area contributed by atoms with Crippen LogP contribution >= 0.6 is 11.8 Å². The van der Waals surface area contributed by atoms with Crippen LogP contribution in [-0.4, -0.2) is 23.4 Å². The molecule has 0 saturated carbocycles. The second kappa shape index (κ2) is 5.89. The van der Waals surface area contributed by atoms with Crippen LogP contribution in [0.3, 0.4) is 0 Å². The zero-order valence-electron chi connectivity index (χ0n) is 12.2. The Labute approximate surface area is 137 Å². The van der Waals surface area contributed by atoms with Crippen LogP contribution in [0.4, 0.5) is 5.69 Å². The first-order chi connectivity index (χ1) is 11.3. The van der Waals surface area contributed by atoms with E-state index in [-0.39, 0.29) is 12.7 Å². The fourth-order valence-corrected chi connectivity index (χ4v) is 3.31. The first kappa shape index (κ1) is 14.0. The Morgan fingerprint density at radius 2 is 2.04 bits per heavy atom. The number of benzene rings is 2. The van der Waals surface area contributed by atoms with E-state index in [1.807, 2.05) is 36.5 Å². The Morgan fingerprint density at radius 1 is 1.17 bits per heavy atom. The predicted octanol–water partition coefficient (Wildman–Crippen LogP) is 3.63. The second-order valence-corrected chi connectivity index (χ2v) is 6.12. The van der Waals surface area contributed by atoms with Gasteiger partial charge in [-0.1, -0.05) is 18.2 Å². The summed E-state index contributed by atoms with van der Waals surface area (Å²) in [6, 6.07) is 13.4. The number of hydrogen-bond donors (Lipinski definition) is 2. The molecule has 0 fully saturated rings. The minimum Gasteiger partial charge on any atom is -0.454 e. The van der Waals surface area contributed by atoms with Gasteiger partial charge in [-0.2, -0.15) is 0 Å². The molecule has 1 aliphatic rings. The van der Waals surface area contributed by atoms with Gasteiger partial charge in [0.2, 0.25) is 12.7 Å². The van der Waals surface area contributed by atoms with Gasteiger partial charge in [0, 0.05) is 33.7 Å². The van der Waals surface area contributed by atoms with E-state index in [0.717, 1.165) is 15.8 Å². The zero-order valence-corrected chi connectivity index (χ0v) is 13.0. The molecule has 23 heavy (non-hydrogen) atoms. The fraction of sp³-hybridized carbons (Fsp3) is 0.118. The van der Waals surface area contributed by atoms with Crippen LogP contribution in [0.5, 0.6) is 11.5 Å².